The molecular formula is C11H13ClF3N. The van der Waals surface area contributed by atoms with Gasteiger partial charge in [0.15, 0.2) is 0 Å². The minimum Gasteiger partial charge on any atom is -0.316 e. The van der Waals surface area contributed by atoms with Crippen LogP contribution >= 0.6 is 12.4 Å². The molecule has 0 heterocycles. The van der Waals surface area contributed by atoms with Crippen LogP contribution in [0, 0.1) is 0 Å². The Morgan fingerprint density at radius 2 is 1.62 bits per heavy atom. The molecule has 1 aliphatic rings. The van der Waals surface area contributed by atoms with Crippen molar-refractivity contribution in [2.75, 3.05) is 0 Å². The van der Waals surface area contributed by atoms with Crippen LogP contribution in [0.1, 0.15) is 35.9 Å². The highest BCUT2D eigenvalue weighted by atomic mass is 35.5. The predicted molar refractivity (Wildman–Crippen MR) is 58.6 cm³/mol. The lowest BCUT2D eigenvalue weighted by Gasteiger charge is -2.16. The van der Waals surface area contributed by atoms with E-state index in [0.29, 0.717) is 5.92 Å². The van der Waals surface area contributed by atoms with Crippen molar-refractivity contribution < 1.29 is 13.2 Å². The van der Waals surface area contributed by atoms with Gasteiger partial charge in [-0.1, -0.05) is 24.3 Å². The Bertz CT molecular complexity index is 343. The van der Waals surface area contributed by atoms with E-state index in [-0.39, 0.29) is 18.0 Å². The maximum atomic E-state index is 12.3. The number of halogens is 4. The van der Waals surface area contributed by atoms with E-state index in [1.54, 1.807) is 12.1 Å². The van der Waals surface area contributed by atoms with Crippen molar-refractivity contribution in [1.82, 2.24) is 0 Å². The van der Waals surface area contributed by atoms with Crippen molar-refractivity contribution in [3.05, 3.63) is 35.4 Å². The van der Waals surface area contributed by atoms with Crippen LogP contribution in [0.15, 0.2) is 24.3 Å². The average molecular weight is 252 g/mol. The van der Waals surface area contributed by atoms with E-state index in [1.165, 1.54) is 12.1 Å². The highest BCUT2D eigenvalue weighted by Crippen LogP contribution is 2.40. The molecule has 0 amide bonds. The summed E-state index contributed by atoms with van der Waals surface area (Å²) < 4.78 is 36.8. The highest BCUT2D eigenvalue weighted by molar-refractivity contribution is 5.85. The van der Waals surface area contributed by atoms with Crippen LogP contribution in [0.25, 0.3) is 0 Å². The second kappa shape index (κ2) is 4.63. The first-order chi connectivity index (χ1) is 6.98. The third kappa shape index (κ3) is 2.89. The van der Waals surface area contributed by atoms with Crippen LogP contribution in [0.2, 0.25) is 0 Å². The fourth-order valence-electron chi connectivity index (χ4n) is 1.58. The molecule has 0 aromatic heterocycles. The van der Waals surface area contributed by atoms with Gasteiger partial charge >= 0.3 is 6.18 Å². The second-order valence-corrected chi connectivity index (χ2v) is 3.96. The first kappa shape index (κ1) is 13.3. The summed E-state index contributed by atoms with van der Waals surface area (Å²) in [7, 11) is 0. The van der Waals surface area contributed by atoms with E-state index >= 15 is 0 Å². The van der Waals surface area contributed by atoms with Gasteiger partial charge in [-0.2, -0.15) is 13.2 Å². The Hall–Kier alpha value is -0.740. The van der Waals surface area contributed by atoms with E-state index in [2.05, 4.69) is 0 Å². The fraction of sp³-hybridized carbons (Fsp3) is 0.455. The standard InChI is InChI=1S/C11H12F3N.ClH/c12-11(13,14)10(15)9-5-3-8(4-6-9)7-1-2-7;/h3-7,10H,1-2,15H2;1H. The molecule has 5 heteroatoms. The molecule has 0 radical (unpaired) electrons. The summed E-state index contributed by atoms with van der Waals surface area (Å²) in [5.74, 6) is 0.557. The SMILES string of the molecule is Cl.NC(c1ccc(C2CC2)cc1)C(F)(F)F. The van der Waals surface area contributed by atoms with E-state index in [9.17, 15) is 13.2 Å². The Kier molecular flexibility index (Phi) is 3.86. The van der Waals surface area contributed by atoms with Crippen LogP contribution in [-0.2, 0) is 0 Å². The Morgan fingerprint density at radius 1 is 1.12 bits per heavy atom. The van der Waals surface area contributed by atoms with Crippen LogP contribution < -0.4 is 5.73 Å². The van der Waals surface area contributed by atoms with Gasteiger partial charge in [-0.15, -0.1) is 12.4 Å². The molecular weight excluding hydrogens is 239 g/mol. The first-order valence-corrected chi connectivity index (χ1v) is 4.90. The van der Waals surface area contributed by atoms with E-state index in [1.807, 2.05) is 0 Å². The molecule has 2 N–H and O–H groups in total. The van der Waals surface area contributed by atoms with Crippen molar-refractivity contribution in [1.29, 1.82) is 0 Å². The molecule has 0 aliphatic heterocycles. The molecule has 1 aliphatic carbocycles. The Morgan fingerprint density at radius 3 is 2.00 bits per heavy atom. The van der Waals surface area contributed by atoms with Crippen molar-refractivity contribution in [2.24, 2.45) is 5.73 Å². The lowest BCUT2D eigenvalue weighted by molar-refractivity contribution is -0.149. The minimum atomic E-state index is -4.36. The highest BCUT2D eigenvalue weighted by Gasteiger charge is 2.37. The second-order valence-electron chi connectivity index (χ2n) is 3.96. The molecule has 0 bridgehead atoms. The monoisotopic (exact) mass is 251 g/mol. The van der Waals surface area contributed by atoms with E-state index in [4.69, 9.17) is 5.73 Å². The summed E-state index contributed by atoms with van der Waals surface area (Å²) in [4.78, 5) is 0. The van der Waals surface area contributed by atoms with E-state index in [0.717, 1.165) is 18.4 Å². The van der Waals surface area contributed by atoms with Gasteiger partial charge in [0.1, 0.15) is 6.04 Å². The van der Waals surface area contributed by atoms with Gasteiger partial charge in [-0.25, -0.2) is 0 Å². The molecule has 1 saturated carbocycles. The molecule has 90 valence electrons. The zero-order valence-corrected chi connectivity index (χ0v) is 9.31. The molecule has 0 saturated heterocycles. The predicted octanol–water partition coefficient (Wildman–Crippen LogP) is 3.55. The molecule has 1 aromatic rings. The molecule has 1 aromatic carbocycles. The average Bonchev–Trinajstić information content (AvgIpc) is 2.99. The van der Waals surface area contributed by atoms with Gasteiger partial charge in [0.2, 0.25) is 0 Å². The lowest BCUT2D eigenvalue weighted by Crippen LogP contribution is -2.28. The van der Waals surface area contributed by atoms with Crippen LogP contribution in [-0.4, -0.2) is 6.18 Å². The number of benzene rings is 1. The summed E-state index contributed by atoms with van der Waals surface area (Å²) in [6.45, 7) is 0. The van der Waals surface area contributed by atoms with Gasteiger partial charge in [0.05, 0.1) is 0 Å². The topological polar surface area (TPSA) is 26.0 Å². The molecule has 2 rings (SSSR count). The Balaban J connectivity index is 0.00000128. The summed E-state index contributed by atoms with van der Waals surface area (Å²) >= 11 is 0. The molecule has 16 heavy (non-hydrogen) atoms. The number of nitrogens with two attached hydrogens (primary N) is 1. The smallest absolute Gasteiger partial charge is 0.316 e. The molecule has 1 fully saturated rings. The molecule has 0 spiro atoms. The largest absolute Gasteiger partial charge is 0.407 e. The van der Waals surface area contributed by atoms with Crippen molar-refractivity contribution in [3.63, 3.8) is 0 Å². The number of rotatable bonds is 2. The van der Waals surface area contributed by atoms with Gasteiger partial charge in [0, 0.05) is 0 Å². The quantitative estimate of drug-likeness (QED) is 0.855. The maximum Gasteiger partial charge on any atom is 0.407 e. The van der Waals surface area contributed by atoms with Gasteiger partial charge in [0.25, 0.3) is 0 Å². The van der Waals surface area contributed by atoms with E-state index < -0.39 is 12.2 Å². The zero-order chi connectivity index (χ0) is 11.1. The van der Waals surface area contributed by atoms with Gasteiger partial charge in [-0.05, 0) is 29.9 Å². The van der Waals surface area contributed by atoms with Crippen LogP contribution in [0.4, 0.5) is 13.2 Å². The third-order valence-corrected chi connectivity index (χ3v) is 2.70. The number of alkyl halides is 3. The first-order valence-electron chi connectivity index (χ1n) is 4.90. The van der Waals surface area contributed by atoms with Gasteiger partial charge in [-0.3, -0.25) is 0 Å². The Labute approximate surface area is 98.2 Å². The molecule has 1 nitrogen and oxygen atoms in total. The molecule has 1 unspecified atom stereocenters. The van der Waals surface area contributed by atoms with Crippen molar-refractivity contribution in [3.8, 4) is 0 Å². The summed E-state index contributed by atoms with van der Waals surface area (Å²) in [6, 6.07) is 4.58. The van der Waals surface area contributed by atoms with Crippen LogP contribution in [0.5, 0.6) is 0 Å². The lowest BCUT2D eigenvalue weighted by atomic mass is 10.0. The maximum absolute atomic E-state index is 12.3. The summed E-state index contributed by atoms with van der Waals surface area (Å²) in [5, 5.41) is 0. The van der Waals surface area contributed by atoms with Gasteiger partial charge < -0.3 is 5.73 Å². The number of hydrogen-bond acceptors (Lipinski definition) is 1. The summed E-state index contributed by atoms with van der Waals surface area (Å²) in [5.41, 5.74) is 6.34. The normalized spacial score (nSPS) is 17.8. The third-order valence-electron chi connectivity index (χ3n) is 2.70. The summed E-state index contributed by atoms with van der Waals surface area (Å²) in [6.07, 6.45) is -2.07. The molecule has 1 atom stereocenters. The number of hydrogen-bond donors (Lipinski definition) is 1. The zero-order valence-electron chi connectivity index (χ0n) is 8.50. The minimum absolute atomic E-state index is 0. The van der Waals surface area contributed by atoms with Crippen LogP contribution in [0.3, 0.4) is 0 Å². The van der Waals surface area contributed by atoms with Crippen molar-refractivity contribution in [2.45, 2.75) is 31.0 Å². The fourth-order valence-corrected chi connectivity index (χ4v) is 1.58. The van der Waals surface area contributed by atoms with Crippen molar-refractivity contribution >= 4 is 12.4 Å².